The van der Waals surface area contributed by atoms with E-state index in [2.05, 4.69) is 58.5 Å². The summed E-state index contributed by atoms with van der Waals surface area (Å²) in [7, 11) is 0. The smallest absolute Gasteiger partial charge is 0.237 e. The maximum absolute atomic E-state index is 13.3. The van der Waals surface area contributed by atoms with Gasteiger partial charge in [0.25, 0.3) is 0 Å². The lowest BCUT2D eigenvalue weighted by Gasteiger charge is -2.37. The average Bonchev–Trinajstić information content (AvgIpc) is 3.32. The molecule has 2 unspecified atom stereocenters. The largest absolute Gasteiger partial charge is 0.374 e. The average molecular weight is 417 g/mol. The molecule has 1 saturated heterocycles. The summed E-state index contributed by atoms with van der Waals surface area (Å²) in [4.78, 5) is 17.5. The number of nitrogens with zero attached hydrogens (tertiary/aromatic N) is 4. The Kier molecular flexibility index (Phi) is 5.82. The highest BCUT2D eigenvalue weighted by Crippen LogP contribution is 2.33. The molecule has 0 saturated carbocycles. The van der Waals surface area contributed by atoms with Gasteiger partial charge >= 0.3 is 0 Å². The molecular formula is C25H28N4O2. The Morgan fingerprint density at radius 3 is 2.71 bits per heavy atom. The first-order chi connectivity index (χ1) is 15.3. The van der Waals surface area contributed by atoms with Crippen LogP contribution in [-0.2, 0) is 22.6 Å². The fraction of sp³-hybridized carbons (Fsp3) is 0.360. The van der Waals surface area contributed by atoms with Crippen LogP contribution in [0.5, 0.6) is 0 Å². The fourth-order valence-electron chi connectivity index (χ4n) is 4.71. The van der Waals surface area contributed by atoms with Crippen LogP contribution in [0.3, 0.4) is 0 Å². The molecule has 3 heterocycles. The van der Waals surface area contributed by atoms with Crippen molar-refractivity contribution in [3.05, 3.63) is 89.7 Å². The Bertz CT molecular complexity index is 1010. The van der Waals surface area contributed by atoms with Crippen molar-refractivity contribution in [1.82, 2.24) is 19.6 Å². The standard InChI is InChI=1S/C25H28N4O2/c30-25(19-27-13-14-31-22(16-27)17-29-12-6-11-26-29)28-15-21-9-4-5-10-23(21)24(18-28)20-7-2-1-3-8-20/h1-12,22,24H,13-19H2. The molecule has 3 aromatic rings. The summed E-state index contributed by atoms with van der Waals surface area (Å²) in [5.74, 6) is 0.405. The van der Waals surface area contributed by atoms with Crippen molar-refractivity contribution in [2.75, 3.05) is 32.8 Å². The first kappa shape index (κ1) is 20.0. The Labute approximate surface area is 183 Å². The van der Waals surface area contributed by atoms with Gasteiger partial charge in [-0.15, -0.1) is 0 Å². The lowest BCUT2D eigenvalue weighted by Crippen LogP contribution is -2.50. The van der Waals surface area contributed by atoms with E-state index >= 15 is 0 Å². The first-order valence-electron chi connectivity index (χ1n) is 11.0. The summed E-state index contributed by atoms with van der Waals surface area (Å²) in [6, 6.07) is 21.0. The topological polar surface area (TPSA) is 50.6 Å². The number of carbonyl (C=O) groups excluding carboxylic acids is 1. The van der Waals surface area contributed by atoms with Crippen LogP contribution in [0.2, 0.25) is 0 Å². The summed E-state index contributed by atoms with van der Waals surface area (Å²) in [6.45, 7) is 4.73. The van der Waals surface area contributed by atoms with Crippen LogP contribution < -0.4 is 0 Å². The third-order valence-electron chi connectivity index (χ3n) is 6.28. The number of morpholine rings is 1. The van der Waals surface area contributed by atoms with Gasteiger partial charge in [0.15, 0.2) is 0 Å². The van der Waals surface area contributed by atoms with Gasteiger partial charge in [-0.05, 0) is 22.8 Å². The van der Waals surface area contributed by atoms with Crippen molar-refractivity contribution in [1.29, 1.82) is 0 Å². The van der Waals surface area contributed by atoms with Crippen molar-refractivity contribution < 1.29 is 9.53 Å². The number of benzene rings is 2. The number of amides is 1. The van der Waals surface area contributed by atoms with Gasteiger partial charge in [-0.25, -0.2) is 0 Å². The summed E-state index contributed by atoms with van der Waals surface area (Å²) in [5, 5.41) is 4.27. The third kappa shape index (κ3) is 4.55. The summed E-state index contributed by atoms with van der Waals surface area (Å²) < 4.78 is 7.79. The van der Waals surface area contributed by atoms with E-state index in [0.29, 0.717) is 26.2 Å². The van der Waals surface area contributed by atoms with Crippen molar-refractivity contribution >= 4 is 5.91 Å². The summed E-state index contributed by atoms with van der Waals surface area (Å²) in [5.41, 5.74) is 3.84. The SMILES string of the molecule is O=C(CN1CCOC(Cn2cccn2)C1)N1Cc2ccccc2C(c2ccccc2)C1. The zero-order valence-corrected chi connectivity index (χ0v) is 17.6. The Morgan fingerprint density at radius 1 is 1.03 bits per heavy atom. The van der Waals surface area contributed by atoms with Gasteiger partial charge in [0.1, 0.15) is 0 Å². The van der Waals surface area contributed by atoms with Crippen molar-refractivity contribution in [2.24, 2.45) is 0 Å². The fourth-order valence-corrected chi connectivity index (χ4v) is 4.71. The molecule has 0 bridgehead atoms. The Morgan fingerprint density at radius 2 is 1.87 bits per heavy atom. The predicted octanol–water partition coefficient (Wildman–Crippen LogP) is 2.76. The highest BCUT2D eigenvalue weighted by Gasteiger charge is 2.30. The van der Waals surface area contributed by atoms with Crippen LogP contribution in [0, 0.1) is 0 Å². The van der Waals surface area contributed by atoms with Crippen LogP contribution in [-0.4, -0.2) is 64.4 Å². The monoisotopic (exact) mass is 416 g/mol. The van der Waals surface area contributed by atoms with E-state index in [1.807, 2.05) is 27.9 Å². The molecule has 0 aliphatic carbocycles. The molecule has 0 spiro atoms. The van der Waals surface area contributed by atoms with Crippen molar-refractivity contribution in [3.8, 4) is 0 Å². The van der Waals surface area contributed by atoms with E-state index in [4.69, 9.17) is 4.74 Å². The predicted molar refractivity (Wildman–Crippen MR) is 119 cm³/mol. The maximum atomic E-state index is 13.3. The molecule has 6 nitrogen and oxygen atoms in total. The van der Waals surface area contributed by atoms with Crippen LogP contribution in [0.15, 0.2) is 73.1 Å². The quantitative estimate of drug-likeness (QED) is 0.642. The van der Waals surface area contributed by atoms with E-state index in [-0.39, 0.29) is 17.9 Å². The Balaban J connectivity index is 1.27. The highest BCUT2D eigenvalue weighted by molar-refractivity contribution is 5.79. The van der Waals surface area contributed by atoms with Gasteiger partial charge < -0.3 is 9.64 Å². The second-order valence-electron chi connectivity index (χ2n) is 8.39. The highest BCUT2D eigenvalue weighted by atomic mass is 16.5. The summed E-state index contributed by atoms with van der Waals surface area (Å²) in [6.07, 6.45) is 3.78. The van der Waals surface area contributed by atoms with Gasteiger partial charge in [-0.1, -0.05) is 54.6 Å². The minimum atomic E-state index is 0.0561. The van der Waals surface area contributed by atoms with E-state index < -0.39 is 0 Å². The molecule has 2 aliphatic rings. The van der Waals surface area contributed by atoms with Crippen molar-refractivity contribution in [3.63, 3.8) is 0 Å². The second-order valence-corrected chi connectivity index (χ2v) is 8.39. The van der Waals surface area contributed by atoms with Crippen LogP contribution in [0.1, 0.15) is 22.6 Å². The van der Waals surface area contributed by atoms with Gasteiger partial charge in [0, 0.05) is 44.5 Å². The van der Waals surface area contributed by atoms with Gasteiger partial charge in [0.2, 0.25) is 5.91 Å². The molecule has 6 heteroatoms. The lowest BCUT2D eigenvalue weighted by molar-refractivity contribution is -0.135. The normalized spacial score (nSPS) is 21.6. The van der Waals surface area contributed by atoms with Crippen LogP contribution in [0.25, 0.3) is 0 Å². The number of hydrogen-bond acceptors (Lipinski definition) is 4. The van der Waals surface area contributed by atoms with Gasteiger partial charge in [-0.3, -0.25) is 14.4 Å². The molecule has 1 aromatic heterocycles. The zero-order valence-electron chi connectivity index (χ0n) is 17.6. The molecule has 2 aromatic carbocycles. The number of carbonyl (C=O) groups is 1. The molecule has 5 rings (SSSR count). The third-order valence-corrected chi connectivity index (χ3v) is 6.28. The van der Waals surface area contributed by atoms with Gasteiger partial charge in [0.05, 0.1) is 25.8 Å². The molecule has 2 aliphatic heterocycles. The van der Waals surface area contributed by atoms with Crippen LogP contribution >= 0.6 is 0 Å². The molecule has 1 amide bonds. The van der Waals surface area contributed by atoms with Gasteiger partial charge in [-0.2, -0.15) is 5.10 Å². The minimum Gasteiger partial charge on any atom is -0.374 e. The number of rotatable bonds is 5. The van der Waals surface area contributed by atoms with E-state index in [9.17, 15) is 4.79 Å². The molecule has 31 heavy (non-hydrogen) atoms. The second kappa shape index (κ2) is 9.04. The van der Waals surface area contributed by atoms with E-state index in [0.717, 1.165) is 19.6 Å². The maximum Gasteiger partial charge on any atom is 0.237 e. The summed E-state index contributed by atoms with van der Waals surface area (Å²) >= 11 is 0. The van der Waals surface area contributed by atoms with Crippen molar-refractivity contribution in [2.45, 2.75) is 25.1 Å². The number of hydrogen-bond donors (Lipinski definition) is 0. The number of aromatic nitrogens is 2. The van der Waals surface area contributed by atoms with E-state index in [1.165, 1.54) is 16.7 Å². The van der Waals surface area contributed by atoms with Crippen LogP contribution in [0.4, 0.5) is 0 Å². The number of fused-ring (bicyclic) bond motifs is 1. The molecule has 0 N–H and O–H groups in total. The number of ether oxygens (including phenoxy) is 1. The molecule has 2 atom stereocenters. The molecule has 1 fully saturated rings. The van der Waals surface area contributed by atoms with E-state index in [1.54, 1.807) is 6.20 Å². The Hall–Kier alpha value is -2.96. The zero-order chi connectivity index (χ0) is 21.0. The molecule has 0 radical (unpaired) electrons. The molecule has 160 valence electrons. The molecular weight excluding hydrogens is 388 g/mol. The lowest BCUT2D eigenvalue weighted by atomic mass is 9.84. The first-order valence-corrected chi connectivity index (χ1v) is 11.0. The minimum absolute atomic E-state index is 0.0561.